The molecule has 1 aromatic carbocycles. The van der Waals surface area contributed by atoms with E-state index in [0.29, 0.717) is 5.75 Å². The maximum absolute atomic E-state index is 9.09. The molecule has 0 heterocycles. The molecule has 0 aliphatic carbocycles. The first-order valence-electron chi connectivity index (χ1n) is 3.58. The summed E-state index contributed by atoms with van der Waals surface area (Å²) in [5.41, 5.74) is 2.45. The molecule has 0 radical (unpaired) electrons. The Bertz CT molecular complexity index is 245. The van der Waals surface area contributed by atoms with E-state index < -0.39 is 0 Å². The molecule has 0 fully saturated rings. The zero-order valence-electron chi connectivity index (χ0n) is 6.47. The molecule has 1 nitrogen and oxygen atoms in total. The van der Waals surface area contributed by atoms with Crippen LogP contribution in [0.1, 0.15) is 11.1 Å². The van der Waals surface area contributed by atoms with E-state index in [1.807, 2.05) is 13.0 Å². The predicted octanol–water partition coefficient (Wildman–Crippen LogP) is 2.64. The van der Waals surface area contributed by atoms with E-state index in [0.717, 1.165) is 17.3 Å². The van der Waals surface area contributed by atoms with Crippen LogP contribution in [-0.2, 0) is 6.42 Å². The van der Waals surface area contributed by atoms with E-state index >= 15 is 0 Å². The Hall–Kier alpha value is -0.500. The molecule has 2 heteroatoms. The second-order valence-corrected chi connectivity index (χ2v) is 3.34. The van der Waals surface area contributed by atoms with Crippen molar-refractivity contribution in [2.45, 2.75) is 13.3 Å². The Balaban J connectivity index is 2.90. The number of hydrogen-bond donors (Lipinski definition) is 1. The van der Waals surface area contributed by atoms with Crippen LogP contribution in [0.4, 0.5) is 0 Å². The van der Waals surface area contributed by atoms with E-state index in [1.165, 1.54) is 5.56 Å². The first-order chi connectivity index (χ1) is 5.24. The van der Waals surface area contributed by atoms with Crippen molar-refractivity contribution in [3.8, 4) is 5.75 Å². The lowest BCUT2D eigenvalue weighted by Crippen LogP contribution is -1.89. The summed E-state index contributed by atoms with van der Waals surface area (Å²) in [5.74, 6) is 0.348. The Labute approximate surface area is 75.2 Å². The van der Waals surface area contributed by atoms with Gasteiger partial charge in [-0.05, 0) is 36.6 Å². The summed E-state index contributed by atoms with van der Waals surface area (Å²) in [6.45, 7) is 2.01. The lowest BCUT2D eigenvalue weighted by atomic mass is 10.1. The Kier molecular flexibility index (Phi) is 2.94. The topological polar surface area (TPSA) is 20.2 Å². The van der Waals surface area contributed by atoms with Gasteiger partial charge in [-0.15, -0.1) is 0 Å². The highest BCUT2D eigenvalue weighted by Gasteiger charge is 1.97. The summed E-state index contributed by atoms with van der Waals surface area (Å²) < 4.78 is 0. The van der Waals surface area contributed by atoms with Crippen molar-refractivity contribution in [2.24, 2.45) is 0 Å². The van der Waals surface area contributed by atoms with Gasteiger partial charge in [-0.2, -0.15) is 0 Å². The maximum Gasteiger partial charge on any atom is 0.115 e. The number of halogens is 1. The summed E-state index contributed by atoms with van der Waals surface area (Å²) in [6.07, 6.45) is 1.02. The lowest BCUT2D eigenvalue weighted by molar-refractivity contribution is 0.474. The maximum atomic E-state index is 9.09. The number of alkyl halides is 1. The summed E-state index contributed by atoms with van der Waals surface area (Å²) in [6, 6.07) is 5.48. The molecule has 1 rings (SSSR count). The number of aromatic hydroxyl groups is 1. The Morgan fingerprint density at radius 1 is 1.45 bits per heavy atom. The lowest BCUT2D eigenvalue weighted by Gasteiger charge is -2.02. The summed E-state index contributed by atoms with van der Waals surface area (Å²) in [5, 5.41) is 10.1. The van der Waals surface area contributed by atoms with E-state index in [2.05, 4.69) is 15.9 Å². The molecule has 0 aliphatic heterocycles. The van der Waals surface area contributed by atoms with E-state index in [1.54, 1.807) is 12.1 Å². The quantitative estimate of drug-likeness (QED) is 0.752. The average Bonchev–Trinajstić information content (AvgIpc) is 1.95. The normalized spacial score (nSPS) is 10.0. The van der Waals surface area contributed by atoms with Gasteiger partial charge in [0.05, 0.1) is 0 Å². The van der Waals surface area contributed by atoms with Crippen LogP contribution >= 0.6 is 15.9 Å². The third-order valence-electron chi connectivity index (χ3n) is 1.69. The Morgan fingerprint density at radius 2 is 2.18 bits per heavy atom. The van der Waals surface area contributed by atoms with Crippen LogP contribution in [0.25, 0.3) is 0 Å². The van der Waals surface area contributed by atoms with Crippen LogP contribution in [0, 0.1) is 6.92 Å². The van der Waals surface area contributed by atoms with Crippen molar-refractivity contribution in [1.82, 2.24) is 0 Å². The fraction of sp³-hybridized carbons (Fsp3) is 0.333. The number of phenols is 1. The van der Waals surface area contributed by atoms with Crippen LogP contribution in [0.2, 0.25) is 0 Å². The molecule has 0 bridgehead atoms. The van der Waals surface area contributed by atoms with Gasteiger partial charge in [-0.1, -0.05) is 22.0 Å². The number of aryl methyl sites for hydroxylation is 2. The number of phenolic OH excluding ortho intramolecular Hbond substituents is 1. The van der Waals surface area contributed by atoms with Gasteiger partial charge < -0.3 is 5.11 Å². The fourth-order valence-corrected chi connectivity index (χ4v) is 1.49. The highest BCUT2D eigenvalue weighted by molar-refractivity contribution is 9.09. The Morgan fingerprint density at radius 3 is 2.73 bits per heavy atom. The van der Waals surface area contributed by atoms with E-state index in [9.17, 15) is 0 Å². The van der Waals surface area contributed by atoms with Crippen molar-refractivity contribution >= 4 is 15.9 Å². The summed E-state index contributed by atoms with van der Waals surface area (Å²) in [7, 11) is 0. The monoisotopic (exact) mass is 214 g/mol. The number of benzene rings is 1. The van der Waals surface area contributed by atoms with Crippen LogP contribution in [0.3, 0.4) is 0 Å². The predicted molar refractivity (Wildman–Crippen MR) is 50.3 cm³/mol. The molecule has 0 aliphatic rings. The number of rotatable bonds is 2. The van der Waals surface area contributed by atoms with Gasteiger partial charge in [-0.25, -0.2) is 0 Å². The van der Waals surface area contributed by atoms with Crippen molar-refractivity contribution in [3.05, 3.63) is 29.3 Å². The molecule has 0 aromatic heterocycles. The van der Waals surface area contributed by atoms with Gasteiger partial charge in [0.15, 0.2) is 0 Å². The molecular weight excluding hydrogens is 204 g/mol. The second-order valence-electron chi connectivity index (χ2n) is 2.55. The minimum atomic E-state index is 0.348. The van der Waals surface area contributed by atoms with Crippen molar-refractivity contribution in [1.29, 1.82) is 0 Å². The standard InChI is InChI=1S/C9H11BrO/c1-7-6-9(11)3-2-8(7)4-5-10/h2-3,6,11H,4-5H2,1H3. The van der Waals surface area contributed by atoms with Gasteiger partial charge in [-0.3, -0.25) is 0 Å². The number of hydrogen-bond acceptors (Lipinski definition) is 1. The highest BCUT2D eigenvalue weighted by atomic mass is 79.9. The molecular formula is C9H11BrO. The van der Waals surface area contributed by atoms with E-state index in [-0.39, 0.29) is 0 Å². The molecule has 60 valence electrons. The molecule has 0 saturated heterocycles. The minimum Gasteiger partial charge on any atom is -0.508 e. The second kappa shape index (κ2) is 3.77. The van der Waals surface area contributed by atoms with Gasteiger partial charge in [0.1, 0.15) is 5.75 Å². The summed E-state index contributed by atoms with van der Waals surface area (Å²) in [4.78, 5) is 0. The largest absolute Gasteiger partial charge is 0.508 e. The molecule has 1 aromatic rings. The minimum absolute atomic E-state index is 0.348. The molecule has 11 heavy (non-hydrogen) atoms. The molecule has 0 spiro atoms. The van der Waals surface area contributed by atoms with Crippen LogP contribution < -0.4 is 0 Å². The fourth-order valence-electron chi connectivity index (χ4n) is 1.06. The molecule has 0 amide bonds. The van der Waals surface area contributed by atoms with Crippen LogP contribution in [0.5, 0.6) is 5.75 Å². The molecule has 0 saturated carbocycles. The van der Waals surface area contributed by atoms with Gasteiger partial charge in [0.25, 0.3) is 0 Å². The smallest absolute Gasteiger partial charge is 0.115 e. The van der Waals surface area contributed by atoms with Crippen molar-refractivity contribution < 1.29 is 5.11 Å². The first kappa shape index (κ1) is 8.60. The van der Waals surface area contributed by atoms with Gasteiger partial charge in [0.2, 0.25) is 0 Å². The summed E-state index contributed by atoms with van der Waals surface area (Å²) >= 11 is 3.38. The molecule has 0 atom stereocenters. The average molecular weight is 215 g/mol. The van der Waals surface area contributed by atoms with Crippen molar-refractivity contribution in [2.75, 3.05) is 5.33 Å². The SMILES string of the molecule is Cc1cc(O)ccc1CCBr. The van der Waals surface area contributed by atoms with E-state index in [4.69, 9.17) is 5.11 Å². The molecule has 0 unspecified atom stereocenters. The van der Waals surface area contributed by atoms with Gasteiger partial charge in [0, 0.05) is 5.33 Å². The van der Waals surface area contributed by atoms with Crippen LogP contribution in [-0.4, -0.2) is 10.4 Å². The zero-order chi connectivity index (χ0) is 8.27. The third-order valence-corrected chi connectivity index (χ3v) is 2.09. The van der Waals surface area contributed by atoms with Crippen LogP contribution in [0.15, 0.2) is 18.2 Å². The van der Waals surface area contributed by atoms with Crippen molar-refractivity contribution in [3.63, 3.8) is 0 Å². The highest BCUT2D eigenvalue weighted by Crippen LogP contribution is 2.16. The third kappa shape index (κ3) is 2.22. The zero-order valence-corrected chi connectivity index (χ0v) is 8.06. The van der Waals surface area contributed by atoms with Gasteiger partial charge >= 0.3 is 0 Å². The molecule has 1 N–H and O–H groups in total. The first-order valence-corrected chi connectivity index (χ1v) is 4.70.